The number of thiazole rings is 1. The van der Waals surface area contributed by atoms with Gasteiger partial charge >= 0.3 is 0 Å². The Hall–Kier alpha value is -1.88. The first-order valence-electron chi connectivity index (χ1n) is 7.69. The molecule has 0 saturated carbocycles. The van der Waals surface area contributed by atoms with Gasteiger partial charge in [0.1, 0.15) is 18.5 Å². The van der Waals surface area contributed by atoms with Crippen LogP contribution in [0.1, 0.15) is 0 Å². The fourth-order valence-electron chi connectivity index (χ4n) is 2.77. The molecule has 2 unspecified atom stereocenters. The van der Waals surface area contributed by atoms with E-state index in [9.17, 15) is 14.7 Å². The Morgan fingerprint density at radius 3 is 2.88 bits per heavy atom. The second kappa shape index (κ2) is 6.69. The van der Waals surface area contributed by atoms with Crippen LogP contribution in [0.25, 0.3) is 11.3 Å². The lowest BCUT2D eigenvalue weighted by Gasteiger charge is -2.49. The maximum absolute atomic E-state index is 12.0. The predicted octanol–water partition coefficient (Wildman–Crippen LogP) is -0.0694. The summed E-state index contributed by atoms with van der Waals surface area (Å²) < 4.78 is 2.66. The summed E-state index contributed by atoms with van der Waals surface area (Å²) in [5.41, 5.74) is 7.49. The average molecular weight is 407 g/mol. The molecule has 0 aliphatic carbocycles. The lowest BCUT2D eigenvalue weighted by Crippen LogP contribution is -2.69. The summed E-state index contributed by atoms with van der Waals surface area (Å²) in [7, 11) is 1.94. The first kappa shape index (κ1) is 17.5. The first-order valence-corrected chi connectivity index (χ1v) is 10.4. The van der Waals surface area contributed by atoms with Gasteiger partial charge in [0, 0.05) is 33.7 Å². The molecule has 2 aromatic rings. The SMILES string of the molecule is C[n+]1ccc(-c2csc(SC3=C(C(=O)[O-])N4C(=O)C(N)C4SC3)n2)cc1. The van der Waals surface area contributed by atoms with Crippen LogP contribution in [0.15, 0.2) is 44.8 Å². The van der Waals surface area contributed by atoms with Crippen molar-refractivity contribution < 1.29 is 19.3 Å². The molecule has 134 valence electrons. The largest absolute Gasteiger partial charge is 0.543 e. The maximum Gasteiger partial charge on any atom is 0.248 e. The van der Waals surface area contributed by atoms with Crippen LogP contribution in [0.5, 0.6) is 0 Å². The van der Waals surface area contributed by atoms with Gasteiger partial charge in [-0.1, -0.05) is 11.8 Å². The van der Waals surface area contributed by atoms with E-state index in [0.717, 1.165) is 15.6 Å². The molecule has 4 rings (SSSR count). The average Bonchev–Trinajstić information content (AvgIpc) is 3.09. The van der Waals surface area contributed by atoms with Crippen molar-refractivity contribution in [1.29, 1.82) is 0 Å². The predicted molar refractivity (Wildman–Crippen MR) is 97.7 cm³/mol. The highest BCUT2D eigenvalue weighted by molar-refractivity contribution is 8.07. The van der Waals surface area contributed by atoms with Gasteiger partial charge in [-0.25, -0.2) is 9.55 Å². The number of aryl methyl sites for hydroxylation is 1. The lowest BCUT2D eigenvalue weighted by molar-refractivity contribution is -0.671. The van der Waals surface area contributed by atoms with Gasteiger partial charge in [0.2, 0.25) is 5.91 Å². The normalized spacial score (nSPS) is 22.2. The third-order valence-corrected chi connectivity index (χ3v) is 7.64. The third-order valence-electron chi connectivity index (χ3n) is 4.14. The molecule has 0 radical (unpaired) electrons. The number of pyridine rings is 1. The van der Waals surface area contributed by atoms with E-state index in [1.807, 2.05) is 41.5 Å². The Morgan fingerprint density at radius 1 is 1.46 bits per heavy atom. The number of thioether (sulfide) groups is 2. The van der Waals surface area contributed by atoms with Crippen LogP contribution >= 0.6 is 34.9 Å². The van der Waals surface area contributed by atoms with Gasteiger partial charge in [-0.2, -0.15) is 0 Å². The van der Waals surface area contributed by atoms with E-state index in [1.54, 1.807) is 0 Å². The molecule has 2 N–H and O–H groups in total. The van der Waals surface area contributed by atoms with Crippen molar-refractivity contribution in [3.63, 3.8) is 0 Å². The fraction of sp³-hybridized carbons (Fsp3) is 0.250. The Bertz CT molecular complexity index is 925. The van der Waals surface area contributed by atoms with E-state index in [1.165, 1.54) is 39.8 Å². The number of nitrogens with two attached hydrogens (primary N) is 1. The zero-order chi connectivity index (χ0) is 18.4. The number of fused-ring (bicyclic) bond motifs is 1. The van der Waals surface area contributed by atoms with Crippen molar-refractivity contribution in [2.24, 2.45) is 12.8 Å². The van der Waals surface area contributed by atoms with Gasteiger partial charge in [0.15, 0.2) is 16.7 Å². The summed E-state index contributed by atoms with van der Waals surface area (Å²) in [6.45, 7) is 0. The van der Waals surface area contributed by atoms with Crippen LogP contribution in [-0.2, 0) is 16.6 Å². The zero-order valence-corrected chi connectivity index (χ0v) is 16.1. The van der Waals surface area contributed by atoms with Crippen LogP contribution in [0.4, 0.5) is 0 Å². The van der Waals surface area contributed by atoms with Crippen LogP contribution in [0, 0.1) is 0 Å². The molecule has 0 aromatic carbocycles. The number of carbonyl (C=O) groups excluding carboxylic acids is 2. The quantitative estimate of drug-likeness (QED) is 0.560. The maximum atomic E-state index is 12.0. The molecule has 7 nitrogen and oxygen atoms in total. The first-order chi connectivity index (χ1) is 12.5. The number of carboxylic acids is 1. The molecule has 26 heavy (non-hydrogen) atoms. The van der Waals surface area contributed by atoms with Crippen molar-refractivity contribution in [3.8, 4) is 11.3 Å². The van der Waals surface area contributed by atoms with E-state index in [0.29, 0.717) is 10.7 Å². The third kappa shape index (κ3) is 2.92. The number of hydrogen-bond acceptors (Lipinski definition) is 8. The minimum Gasteiger partial charge on any atom is -0.543 e. The Balaban J connectivity index is 1.61. The molecule has 1 fully saturated rings. The van der Waals surface area contributed by atoms with Crippen LogP contribution in [0.2, 0.25) is 0 Å². The summed E-state index contributed by atoms with van der Waals surface area (Å²) in [5, 5.41) is 13.2. The van der Waals surface area contributed by atoms with E-state index < -0.39 is 12.0 Å². The minimum atomic E-state index is -1.36. The second-order valence-electron chi connectivity index (χ2n) is 5.85. The summed E-state index contributed by atoms with van der Waals surface area (Å²) in [4.78, 5) is 30.0. The van der Waals surface area contributed by atoms with E-state index in [-0.39, 0.29) is 17.0 Å². The van der Waals surface area contributed by atoms with E-state index in [2.05, 4.69) is 4.98 Å². The van der Waals surface area contributed by atoms with Crippen LogP contribution in [-0.4, -0.2) is 38.9 Å². The fourth-order valence-corrected chi connectivity index (χ4v) is 6.17. The van der Waals surface area contributed by atoms with Crippen molar-refractivity contribution in [2.45, 2.75) is 15.8 Å². The second-order valence-corrected chi connectivity index (χ2v) is 9.15. The molecule has 1 amide bonds. The number of β-lactam (4-membered cyclic amide) rings is 1. The molecule has 2 atom stereocenters. The summed E-state index contributed by atoms with van der Waals surface area (Å²) in [6.07, 6.45) is 3.88. The highest BCUT2D eigenvalue weighted by Crippen LogP contribution is 2.45. The number of aliphatic carboxylic acids is 1. The summed E-state index contributed by atoms with van der Waals surface area (Å²) in [6, 6.07) is 3.29. The zero-order valence-electron chi connectivity index (χ0n) is 13.6. The number of nitrogens with zero attached hydrogens (tertiary/aromatic N) is 3. The van der Waals surface area contributed by atoms with Crippen molar-refractivity contribution in [2.75, 3.05) is 5.75 Å². The van der Waals surface area contributed by atoms with E-state index in [4.69, 9.17) is 5.73 Å². The monoisotopic (exact) mass is 406 g/mol. The summed E-state index contributed by atoms with van der Waals surface area (Å²) >= 11 is 4.17. The molecule has 2 aliphatic rings. The smallest absolute Gasteiger partial charge is 0.248 e. The highest BCUT2D eigenvalue weighted by Gasteiger charge is 2.50. The van der Waals surface area contributed by atoms with Crippen molar-refractivity contribution in [3.05, 3.63) is 40.5 Å². The molecule has 0 spiro atoms. The van der Waals surface area contributed by atoms with Crippen molar-refractivity contribution in [1.82, 2.24) is 9.88 Å². The molecule has 10 heteroatoms. The molecule has 4 heterocycles. The van der Waals surface area contributed by atoms with Gasteiger partial charge in [-0.15, -0.1) is 23.1 Å². The van der Waals surface area contributed by atoms with Gasteiger partial charge in [0.25, 0.3) is 0 Å². The van der Waals surface area contributed by atoms with E-state index >= 15 is 0 Å². The van der Waals surface area contributed by atoms with Crippen LogP contribution in [0.3, 0.4) is 0 Å². The number of carboxylic acid groups (broad SMARTS) is 1. The Labute approximate surface area is 161 Å². The van der Waals surface area contributed by atoms with Crippen LogP contribution < -0.4 is 15.4 Å². The lowest BCUT2D eigenvalue weighted by atomic mass is 10.1. The number of carbonyl (C=O) groups is 2. The van der Waals surface area contributed by atoms with Crippen molar-refractivity contribution >= 4 is 46.7 Å². The summed E-state index contributed by atoms with van der Waals surface area (Å²) in [5.74, 6) is -1.27. The standard InChI is InChI=1S/C16H14N4O3S3/c1-19-4-2-8(3-5-19)9-6-25-16(18-9)26-10-7-24-14-11(17)13(21)20(14)12(10)15(22)23/h2-6,11,14H,7,17H2,1H3. The molecule has 1 saturated heterocycles. The van der Waals surface area contributed by atoms with Gasteiger partial charge in [-0.05, 0) is 0 Å². The number of aromatic nitrogens is 2. The number of rotatable bonds is 4. The van der Waals surface area contributed by atoms with Gasteiger partial charge in [0.05, 0.1) is 17.4 Å². The highest BCUT2D eigenvalue weighted by atomic mass is 32.2. The molecule has 2 aromatic heterocycles. The van der Waals surface area contributed by atoms with Gasteiger partial charge in [-0.3, -0.25) is 9.69 Å². The molecular formula is C16H14N4O3S3. The topological polar surface area (TPSA) is 103 Å². The Kier molecular flexibility index (Phi) is 4.51. The number of hydrogen-bond donors (Lipinski definition) is 1. The molecule has 2 aliphatic heterocycles. The molecular weight excluding hydrogens is 392 g/mol. The Morgan fingerprint density at radius 2 is 2.19 bits per heavy atom. The molecule has 0 bridgehead atoms. The minimum absolute atomic E-state index is 0.0751. The van der Waals surface area contributed by atoms with Gasteiger partial charge < -0.3 is 15.6 Å². The number of amides is 1.